The first-order chi connectivity index (χ1) is 9.20. The quantitative estimate of drug-likeness (QED) is 0.795. The summed E-state index contributed by atoms with van der Waals surface area (Å²) >= 11 is 5.86. The molecule has 1 aromatic rings. The van der Waals surface area contributed by atoms with Crippen molar-refractivity contribution >= 4 is 17.5 Å². The van der Waals surface area contributed by atoms with Crippen molar-refractivity contribution in [2.45, 2.75) is 37.7 Å². The minimum absolute atomic E-state index is 0.0230. The topological polar surface area (TPSA) is 42.7 Å². The van der Waals surface area contributed by atoms with Crippen LogP contribution in [-0.4, -0.2) is 36.1 Å². The van der Waals surface area contributed by atoms with E-state index in [1.807, 2.05) is 4.90 Å². The molecule has 0 N–H and O–H groups in total. The van der Waals surface area contributed by atoms with Crippen LogP contribution >= 0.6 is 11.6 Å². The van der Waals surface area contributed by atoms with Gasteiger partial charge in [0.1, 0.15) is 0 Å². The van der Waals surface area contributed by atoms with Gasteiger partial charge in [-0.15, -0.1) is 0 Å². The summed E-state index contributed by atoms with van der Waals surface area (Å²) in [6.07, 6.45) is 6.83. The highest BCUT2D eigenvalue weighted by molar-refractivity contribution is 6.32. The van der Waals surface area contributed by atoms with E-state index in [-0.39, 0.29) is 16.7 Å². The molecule has 0 atom stereocenters. The number of nitrogens with zero attached hydrogens (tertiary/aromatic N) is 1. The van der Waals surface area contributed by atoms with Crippen LogP contribution in [0, 0.1) is 0 Å². The van der Waals surface area contributed by atoms with E-state index in [9.17, 15) is 4.79 Å². The highest BCUT2D eigenvalue weighted by atomic mass is 35.5. The smallest absolute Gasteiger partial charge is 0.258 e. The van der Waals surface area contributed by atoms with Gasteiger partial charge in [0.2, 0.25) is 5.22 Å². The fraction of sp³-hybridized carbons (Fsp3) is 0.643. The predicted octanol–water partition coefficient (Wildman–Crippen LogP) is 3.11. The zero-order valence-corrected chi connectivity index (χ0v) is 11.6. The molecule has 3 rings (SSSR count). The lowest BCUT2D eigenvalue weighted by Gasteiger charge is -2.43. The molecule has 0 radical (unpaired) electrons. The lowest BCUT2D eigenvalue weighted by atomic mass is 9.84. The second kappa shape index (κ2) is 5.17. The Balaban J connectivity index is 1.64. The molecule has 2 fully saturated rings. The lowest BCUT2D eigenvalue weighted by molar-refractivity contribution is -0.107. The molecule has 19 heavy (non-hydrogen) atoms. The standard InChI is InChI=1S/C14H18ClNO3/c15-12-11(3-10-18-12)13(17)16-7-5-14(6-8-16)4-1-2-9-19-14/h3,10H,1-2,4-9H2. The summed E-state index contributed by atoms with van der Waals surface area (Å²) in [5.41, 5.74) is 0.483. The summed E-state index contributed by atoms with van der Waals surface area (Å²) in [5.74, 6) is -0.0376. The van der Waals surface area contributed by atoms with Gasteiger partial charge in [-0.2, -0.15) is 0 Å². The molecule has 0 bridgehead atoms. The zero-order chi connectivity index (χ0) is 13.3. The molecule has 2 aliphatic heterocycles. The number of ether oxygens (including phenoxy) is 1. The number of rotatable bonds is 1. The first-order valence-corrected chi connectivity index (χ1v) is 7.24. The summed E-state index contributed by atoms with van der Waals surface area (Å²) < 4.78 is 10.9. The summed E-state index contributed by atoms with van der Waals surface area (Å²) in [6, 6.07) is 1.63. The average molecular weight is 284 g/mol. The van der Waals surface area contributed by atoms with Gasteiger partial charge in [-0.05, 0) is 49.8 Å². The summed E-state index contributed by atoms with van der Waals surface area (Å²) in [6.45, 7) is 2.34. The van der Waals surface area contributed by atoms with E-state index < -0.39 is 0 Å². The Morgan fingerprint density at radius 2 is 2.05 bits per heavy atom. The second-order valence-electron chi connectivity index (χ2n) is 5.39. The average Bonchev–Trinajstić information content (AvgIpc) is 2.86. The Kier molecular flexibility index (Phi) is 3.54. The normalized spacial score (nSPS) is 22.7. The number of likely N-dealkylation sites (tertiary alicyclic amines) is 1. The molecule has 2 aliphatic rings. The third kappa shape index (κ3) is 2.51. The highest BCUT2D eigenvalue weighted by Gasteiger charge is 2.38. The van der Waals surface area contributed by atoms with Gasteiger partial charge in [0, 0.05) is 19.7 Å². The fourth-order valence-corrected chi connectivity index (χ4v) is 3.23. The second-order valence-corrected chi connectivity index (χ2v) is 5.73. The maximum Gasteiger partial charge on any atom is 0.258 e. The molecule has 0 aromatic carbocycles. The molecule has 5 heteroatoms. The van der Waals surface area contributed by atoms with Crippen LogP contribution in [0.2, 0.25) is 5.22 Å². The van der Waals surface area contributed by atoms with Crippen molar-refractivity contribution in [3.63, 3.8) is 0 Å². The van der Waals surface area contributed by atoms with E-state index in [0.717, 1.165) is 45.4 Å². The molecule has 0 aliphatic carbocycles. The van der Waals surface area contributed by atoms with Gasteiger partial charge < -0.3 is 14.1 Å². The van der Waals surface area contributed by atoms with E-state index in [1.165, 1.54) is 12.7 Å². The van der Waals surface area contributed by atoms with Crippen molar-refractivity contribution in [3.05, 3.63) is 23.1 Å². The van der Waals surface area contributed by atoms with Gasteiger partial charge in [0.15, 0.2) is 0 Å². The molecule has 0 saturated carbocycles. The van der Waals surface area contributed by atoms with Gasteiger partial charge in [-0.1, -0.05) is 0 Å². The Hall–Kier alpha value is -1.00. The number of carbonyl (C=O) groups excluding carboxylic acids is 1. The molecule has 4 nitrogen and oxygen atoms in total. The minimum Gasteiger partial charge on any atom is -0.452 e. The maximum atomic E-state index is 12.3. The van der Waals surface area contributed by atoms with E-state index in [2.05, 4.69) is 0 Å². The Labute approximate surface area is 117 Å². The van der Waals surface area contributed by atoms with Crippen LogP contribution in [0.3, 0.4) is 0 Å². The SMILES string of the molecule is O=C(c1ccoc1Cl)N1CCC2(CCCCO2)CC1. The number of furan rings is 1. The van der Waals surface area contributed by atoms with Crippen molar-refractivity contribution in [2.75, 3.05) is 19.7 Å². The molecule has 1 spiro atoms. The number of piperidine rings is 1. The van der Waals surface area contributed by atoms with Crippen molar-refractivity contribution in [3.8, 4) is 0 Å². The molecule has 1 amide bonds. The van der Waals surface area contributed by atoms with Crippen molar-refractivity contribution in [2.24, 2.45) is 0 Å². The van der Waals surface area contributed by atoms with Crippen LogP contribution in [0.15, 0.2) is 16.7 Å². The van der Waals surface area contributed by atoms with Crippen molar-refractivity contribution in [1.82, 2.24) is 4.90 Å². The van der Waals surface area contributed by atoms with Crippen molar-refractivity contribution in [1.29, 1.82) is 0 Å². The highest BCUT2D eigenvalue weighted by Crippen LogP contribution is 2.35. The van der Waals surface area contributed by atoms with Gasteiger partial charge >= 0.3 is 0 Å². The van der Waals surface area contributed by atoms with Crippen LogP contribution in [0.5, 0.6) is 0 Å². The molecule has 1 aromatic heterocycles. The number of hydrogen-bond acceptors (Lipinski definition) is 3. The van der Waals surface area contributed by atoms with Gasteiger partial charge in [-0.3, -0.25) is 4.79 Å². The van der Waals surface area contributed by atoms with E-state index in [0.29, 0.717) is 5.56 Å². The van der Waals surface area contributed by atoms with Gasteiger partial charge in [-0.25, -0.2) is 0 Å². The maximum absolute atomic E-state index is 12.3. The summed E-state index contributed by atoms with van der Waals surface area (Å²) in [7, 11) is 0. The van der Waals surface area contributed by atoms with Gasteiger partial charge in [0.05, 0.1) is 17.4 Å². The van der Waals surface area contributed by atoms with Crippen LogP contribution in [0.4, 0.5) is 0 Å². The number of hydrogen-bond donors (Lipinski definition) is 0. The van der Waals surface area contributed by atoms with Crippen LogP contribution in [-0.2, 0) is 4.74 Å². The Morgan fingerprint density at radius 3 is 2.63 bits per heavy atom. The largest absolute Gasteiger partial charge is 0.452 e. The first-order valence-electron chi connectivity index (χ1n) is 6.86. The third-order valence-corrected chi connectivity index (χ3v) is 4.54. The van der Waals surface area contributed by atoms with Gasteiger partial charge in [0.25, 0.3) is 5.91 Å². The first kappa shape index (κ1) is 13.0. The third-order valence-electron chi connectivity index (χ3n) is 4.25. The van der Waals surface area contributed by atoms with E-state index >= 15 is 0 Å². The summed E-state index contributed by atoms with van der Waals surface area (Å²) in [5, 5.41) is 0.180. The predicted molar refractivity (Wildman–Crippen MR) is 71.4 cm³/mol. The van der Waals surface area contributed by atoms with Crippen LogP contribution in [0.25, 0.3) is 0 Å². The Bertz CT molecular complexity index is 455. The monoisotopic (exact) mass is 283 g/mol. The lowest BCUT2D eigenvalue weighted by Crippen LogP contribution is -2.49. The molecule has 2 saturated heterocycles. The minimum atomic E-state index is -0.0376. The molecule has 0 unspecified atom stereocenters. The van der Waals surface area contributed by atoms with Crippen molar-refractivity contribution < 1.29 is 13.9 Å². The fourth-order valence-electron chi connectivity index (χ4n) is 3.04. The molecular weight excluding hydrogens is 266 g/mol. The summed E-state index contributed by atoms with van der Waals surface area (Å²) in [4.78, 5) is 14.1. The molecular formula is C14H18ClNO3. The zero-order valence-electron chi connectivity index (χ0n) is 10.9. The Morgan fingerprint density at radius 1 is 1.26 bits per heavy atom. The number of halogens is 1. The number of carbonyl (C=O) groups is 1. The van der Waals surface area contributed by atoms with E-state index in [4.69, 9.17) is 20.8 Å². The molecule has 104 valence electrons. The number of amides is 1. The van der Waals surface area contributed by atoms with E-state index in [1.54, 1.807) is 6.07 Å². The van der Waals surface area contributed by atoms with Crippen LogP contribution in [0.1, 0.15) is 42.5 Å². The molecule has 3 heterocycles. The van der Waals surface area contributed by atoms with Crippen LogP contribution < -0.4 is 0 Å².